The Labute approximate surface area is 168 Å². The number of rotatable bonds is 9. The first-order valence-electron chi connectivity index (χ1n) is 10.5. The van der Waals surface area contributed by atoms with Gasteiger partial charge in [0.25, 0.3) is 5.91 Å². The van der Waals surface area contributed by atoms with Crippen molar-refractivity contribution in [3.05, 3.63) is 29.8 Å². The molecule has 1 saturated heterocycles. The molecule has 4 N–H and O–H groups in total. The number of carbonyl (C=O) groups excluding carboxylic acids is 1. The summed E-state index contributed by atoms with van der Waals surface area (Å²) in [5, 5.41) is 19.2. The topological polar surface area (TPSA) is 89.0 Å². The number of nitrogens with one attached hydrogen (secondary N) is 3. The van der Waals surface area contributed by atoms with Gasteiger partial charge in [0.15, 0.2) is 5.96 Å². The van der Waals surface area contributed by atoms with Gasteiger partial charge in [0, 0.05) is 44.3 Å². The maximum Gasteiger partial charge on any atom is 0.251 e. The van der Waals surface area contributed by atoms with Crippen molar-refractivity contribution < 1.29 is 9.90 Å². The molecular formula is C21H35N5O2. The van der Waals surface area contributed by atoms with Crippen molar-refractivity contribution in [3.63, 3.8) is 0 Å². The second-order valence-corrected chi connectivity index (χ2v) is 7.18. The molecular weight excluding hydrogens is 354 g/mol. The van der Waals surface area contributed by atoms with Crippen LogP contribution in [0.4, 0.5) is 0 Å². The van der Waals surface area contributed by atoms with Gasteiger partial charge in [-0.15, -0.1) is 0 Å². The Balaban J connectivity index is 1.70. The van der Waals surface area contributed by atoms with Crippen LogP contribution in [-0.4, -0.2) is 67.2 Å². The van der Waals surface area contributed by atoms with Gasteiger partial charge in [-0.2, -0.15) is 0 Å². The number of piperidine rings is 1. The number of phenolic OH excluding ortho intramolecular Hbond substituents is 1. The third kappa shape index (κ3) is 7.76. The minimum Gasteiger partial charge on any atom is -0.508 e. The summed E-state index contributed by atoms with van der Waals surface area (Å²) in [4.78, 5) is 19.2. The van der Waals surface area contributed by atoms with E-state index in [2.05, 4.69) is 39.7 Å². The van der Waals surface area contributed by atoms with Crippen LogP contribution in [0.5, 0.6) is 5.75 Å². The van der Waals surface area contributed by atoms with Crippen LogP contribution in [0.25, 0.3) is 0 Å². The Bertz CT molecular complexity index is 627. The zero-order valence-corrected chi connectivity index (χ0v) is 17.2. The fraction of sp³-hybridized carbons (Fsp3) is 0.619. The summed E-state index contributed by atoms with van der Waals surface area (Å²) in [5.41, 5.74) is 0.466. The molecule has 0 unspecified atom stereocenters. The smallest absolute Gasteiger partial charge is 0.251 e. The maximum atomic E-state index is 12.0. The first-order valence-corrected chi connectivity index (χ1v) is 10.5. The van der Waals surface area contributed by atoms with Crippen LogP contribution in [0, 0.1) is 0 Å². The maximum absolute atomic E-state index is 12.0. The lowest BCUT2D eigenvalue weighted by atomic mass is 10.1. The number of aromatic hydroxyl groups is 1. The van der Waals surface area contributed by atoms with Crippen molar-refractivity contribution >= 4 is 11.9 Å². The third-order valence-electron chi connectivity index (χ3n) is 4.81. The second-order valence-electron chi connectivity index (χ2n) is 7.18. The summed E-state index contributed by atoms with van der Waals surface area (Å²) in [6, 6.07) is 6.83. The molecule has 0 spiro atoms. The summed E-state index contributed by atoms with van der Waals surface area (Å²) in [6.45, 7) is 9.79. The molecule has 1 aromatic rings. The monoisotopic (exact) mass is 389 g/mol. The predicted octanol–water partition coefficient (Wildman–Crippen LogP) is 1.94. The van der Waals surface area contributed by atoms with Crippen molar-refractivity contribution in [3.8, 4) is 5.75 Å². The minimum absolute atomic E-state index is 0.0964. The molecule has 1 aromatic carbocycles. The number of hydrogen-bond acceptors (Lipinski definition) is 4. The van der Waals surface area contributed by atoms with E-state index >= 15 is 0 Å². The lowest BCUT2D eigenvalue weighted by molar-refractivity contribution is 0.0953. The third-order valence-corrected chi connectivity index (χ3v) is 4.81. The van der Waals surface area contributed by atoms with Crippen molar-refractivity contribution in [2.24, 2.45) is 4.99 Å². The number of guanidine groups is 1. The molecule has 156 valence electrons. The van der Waals surface area contributed by atoms with Gasteiger partial charge in [-0.1, -0.05) is 13.0 Å². The average Bonchev–Trinajstić information content (AvgIpc) is 2.69. The Morgan fingerprint density at radius 3 is 2.71 bits per heavy atom. The molecule has 0 aliphatic carbocycles. The van der Waals surface area contributed by atoms with E-state index < -0.39 is 0 Å². The van der Waals surface area contributed by atoms with E-state index in [1.807, 2.05) is 0 Å². The number of hydrogen-bond donors (Lipinski definition) is 4. The van der Waals surface area contributed by atoms with Crippen LogP contribution < -0.4 is 16.0 Å². The molecule has 0 bridgehead atoms. The van der Waals surface area contributed by atoms with Crippen LogP contribution in [0.2, 0.25) is 0 Å². The van der Waals surface area contributed by atoms with E-state index in [1.54, 1.807) is 18.2 Å². The van der Waals surface area contributed by atoms with Crippen molar-refractivity contribution in [1.29, 1.82) is 0 Å². The molecule has 7 heteroatoms. The van der Waals surface area contributed by atoms with E-state index in [1.165, 1.54) is 19.0 Å². The predicted molar refractivity (Wildman–Crippen MR) is 114 cm³/mol. The highest BCUT2D eigenvalue weighted by atomic mass is 16.3. The molecule has 0 radical (unpaired) electrons. The molecule has 7 nitrogen and oxygen atoms in total. The zero-order valence-electron chi connectivity index (χ0n) is 17.2. The summed E-state index contributed by atoms with van der Waals surface area (Å²) in [6.07, 6.45) is 4.26. The van der Waals surface area contributed by atoms with Crippen LogP contribution in [0.15, 0.2) is 29.3 Å². The van der Waals surface area contributed by atoms with E-state index in [0.29, 0.717) is 24.7 Å². The minimum atomic E-state index is -0.177. The number of phenols is 1. The lowest BCUT2D eigenvalue weighted by Crippen LogP contribution is -2.48. The average molecular weight is 390 g/mol. The van der Waals surface area contributed by atoms with E-state index in [9.17, 15) is 9.90 Å². The Morgan fingerprint density at radius 2 is 2.04 bits per heavy atom. The molecule has 2 rings (SSSR count). The van der Waals surface area contributed by atoms with Gasteiger partial charge in [-0.25, -0.2) is 0 Å². The summed E-state index contributed by atoms with van der Waals surface area (Å²) in [5.74, 6) is 0.777. The van der Waals surface area contributed by atoms with Crippen LogP contribution >= 0.6 is 0 Å². The van der Waals surface area contributed by atoms with Gasteiger partial charge in [0.05, 0.1) is 0 Å². The molecule has 0 aromatic heterocycles. The SMILES string of the molecule is CCCN1CCC(NC(=NCCCNC(=O)c2cccc(O)c2)NCC)CC1. The van der Waals surface area contributed by atoms with Crippen LogP contribution in [-0.2, 0) is 0 Å². The fourth-order valence-corrected chi connectivity index (χ4v) is 3.35. The summed E-state index contributed by atoms with van der Waals surface area (Å²) in [7, 11) is 0. The fourth-order valence-electron chi connectivity index (χ4n) is 3.35. The van der Waals surface area contributed by atoms with Crippen LogP contribution in [0.3, 0.4) is 0 Å². The van der Waals surface area contributed by atoms with Crippen molar-refractivity contribution in [2.45, 2.75) is 45.6 Å². The first kappa shape index (κ1) is 22.0. The number of amides is 1. The molecule has 0 atom stereocenters. The lowest BCUT2D eigenvalue weighted by Gasteiger charge is -2.32. The van der Waals surface area contributed by atoms with Crippen molar-refractivity contribution in [1.82, 2.24) is 20.9 Å². The van der Waals surface area contributed by atoms with E-state index in [4.69, 9.17) is 0 Å². The molecule has 1 heterocycles. The number of nitrogens with zero attached hydrogens (tertiary/aromatic N) is 2. The number of aliphatic imine (C=N–C) groups is 1. The first-order chi connectivity index (χ1) is 13.6. The van der Waals surface area contributed by atoms with Crippen molar-refractivity contribution in [2.75, 3.05) is 39.3 Å². The Kier molecular flexibility index (Phi) is 9.62. The normalized spacial score (nSPS) is 16.0. The highest BCUT2D eigenvalue weighted by molar-refractivity contribution is 5.94. The molecule has 1 amide bonds. The van der Waals surface area contributed by atoms with E-state index in [0.717, 1.165) is 44.9 Å². The molecule has 0 saturated carbocycles. The molecule has 1 aliphatic heterocycles. The van der Waals surface area contributed by atoms with Gasteiger partial charge in [0.2, 0.25) is 0 Å². The Morgan fingerprint density at radius 1 is 1.25 bits per heavy atom. The zero-order chi connectivity index (χ0) is 20.2. The molecule has 1 aliphatic rings. The molecule has 28 heavy (non-hydrogen) atoms. The van der Waals surface area contributed by atoms with Gasteiger partial charge in [-0.05, 0) is 57.4 Å². The summed E-state index contributed by atoms with van der Waals surface area (Å²) >= 11 is 0. The van der Waals surface area contributed by atoms with Gasteiger partial charge in [0.1, 0.15) is 5.75 Å². The van der Waals surface area contributed by atoms with E-state index in [-0.39, 0.29) is 11.7 Å². The molecule has 1 fully saturated rings. The number of benzene rings is 1. The standard InChI is InChI=1S/C21H35N5O2/c1-3-13-26-14-9-18(10-15-26)25-21(22-4-2)24-12-6-11-23-20(28)17-7-5-8-19(27)16-17/h5,7-8,16,18,27H,3-4,6,9-15H2,1-2H3,(H,23,28)(H2,22,24,25). The second kappa shape index (κ2) is 12.2. The largest absolute Gasteiger partial charge is 0.508 e. The summed E-state index contributed by atoms with van der Waals surface area (Å²) < 4.78 is 0. The highest BCUT2D eigenvalue weighted by Gasteiger charge is 2.19. The van der Waals surface area contributed by atoms with Gasteiger partial charge >= 0.3 is 0 Å². The van der Waals surface area contributed by atoms with Gasteiger partial charge < -0.3 is 26.0 Å². The number of likely N-dealkylation sites (tertiary alicyclic amines) is 1. The number of carbonyl (C=O) groups is 1. The Hall–Kier alpha value is -2.28. The van der Waals surface area contributed by atoms with Crippen LogP contribution in [0.1, 0.15) is 49.9 Å². The van der Waals surface area contributed by atoms with Gasteiger partial charge in [-0.3, -0.25) is 9.79 Å². The quantitative estimate of drug-likeness (QED) is 0.294. The highest BCUT2D eigenvalue weighted by Crippen LogP contribution is 2.11.